The molecule has 0 bridgehead atoms. The molecule has 0 aromatic carbocycles. The molecule has 0 rings (SSSR count). The first-order chi connectivity index (χ1) is 26.9. The summed E-state index contributed by atoms with van der Waals surface area (Å²) in [7, 11) is -4.36. The van der Waals surface area contributed by atoms with Gasteiger partial charge in [-0.2, -0.15) is 0 Å². The molecule has 0 radical (unpaired) electrons. The van der Waals surface area contributed by atoms with E-state index in [2.05, 4.69) is 104 Å². The lowest BCUT2D eigenvalue weighted by Gasteiger charge is -2.23. The standard InChI is InChI=1S/C46H79N2O6P/c1-3-5-7-9-11-13-15-17-19-20-21-22-23-24-26-28-30-32-34-36-38-40-46(50)48-44(43-54-55(51,52)53-42-41-47)45(49)39-37-35-33-31-29-27-25-18-16-14-12-10-8-6-4-2/h5,7,11,13,16-19,21-22,24,26,29,31,37,39,44-45,49H,3-4,6,8-10,12,14-15,20,23,25,27-28,30,32-36,38,40-43,47H2,1-2H3,(H,48,50)(H,51,52)/b7-5-,13-11-,18-16+,19-17-,22-21-,26-24-,31-29+,39-37+. The van der Waals surface area contributed by atoms with Gasteiger partial charge in [0.25, 0.3) is 0 Å². The molecule has 0 fully saturated rings. The predicted molar refractivity (Wildman–Crippen MR) is 235 cm³/mol. The number of aliphatic hydroxyl groups is 1. The van der Waals surface area contributed by atoms with Crippen LogP contribution >= 0.6 is 7.82 Å². The number of rotatable bonds is 38. The lowest BCUT2D eigenvalue weighted by molar-refractivity contribution is -0.123. The van der Waals surface area contributed by atoms with E-state index in [0.717, 1.165) is 103 Å². The van der Waals surface area contributed by atoms with Crippen LogP contribution < -0.4 is 11.1 Å². The third kappa shape index (κ3) is 39.5. The Balaban J connectivity index is 4.36. The summed E-state index contributed by atoms with van der Waals surface area (Å²) >= 11 is 0. The maximum atomic E-state index is 12.8. The zero-order valence-corrected chi connectivity index (χ0v) is 35.5. The van der Waals surface area contributed by atoms with Crippen molar-refractivity contribution < 1.29 is 28.4 Å². The van der Waals surface area contributed by atoms with Crippen LogP contribution in [0.5, 0.6) is 0 Å². The van der Waals surface area contributed by atoms with Crippen LogP contribution in [0.15, 0.2) is 97.2 Å². The molecule has 0 spiro atoms. The SMILES string of the molecule is CC/C=C\C/C=C\C/C=C\C/C=C\C/C=C\CCCCCCCC(=O)NC(COP(=O)(O)OCCN)C(O)/C=C/CC/C=C/CC/C=C/CCCCCCC. The molecule has 0 heterocycles. The predicted octanol–water partition coefficient (Wildman–Crippen LogP) is 12.0. The van der Waals surface area contributed by atoms with Gasteiger partial charge in [0.2, 0.25) is 5.91 Å². The highest BCUT2D eigenvalue weighted by atomic mass is 31.2. The van der Waals surface area contributed by atoms with Crippen LogP contribution in [0, 0.1) is 0 Å². The van der Waals surface area contributed by atoms with E-state index < -0.39 is 20.0 Å². The average Bonchev–Trinajstić information content (AvgIpc) is 3.17. The largest absolute Gasteiger partial charge is 0.472 e. The molecule has 0 aromatic heterocycles. The van der Waals surface area contributed by atoms with E-state index in [-0.39, 0.29) is 25.7 Å². The summed E-state index contributed by atoms with van der Waals surface area (Å²) in [5, 5.41) is 13.6. The van der Waals surface area contributed by atoms with Crippen molar-refractivity contribution in [3.63, 3.8) is 0 Å². The van der Waals surface area contributed by atoms with Gasteiger partial charge in [0, 0.05) is 13.0 Å². The maximum absolute atomic E-state index is 12.8. The number of allylic oxidation sites excluding steroid dienone is 15. The minimum absolute atomic E-state index is 0.0627. The first-order valence-electron chi connectivity index (χ1n) is 21.4. The van der Waals surface area contributed by atoms with Gasteiger partial charge in [-0.25, -0.2) is 4.57 Å². The fourth-order valence-electron chi connectivity index (χ4n) is 5.42. The van der Waals surface area contributed by atoms with Crippen molar-refractivity contribution >= 4 is 13.7 Å². The third-order valence-electron chi connectivity index (χ3n) is 8.62. The number of unbranched alkanes of at least 4 members (excludes halogenated alkanes) is 12. The van der Waals surface area contributed by atoms with Crippen LogP contribution in [-0.4, -0.2) is 47.8 Å². The van der Waals surface area contributed by atoms with Gasteiger partial charge in [-0.1, -0.05) is 156 Å². The number of carbonyl (C=O) groups excluding carboxylic acids is 1. The molecule has 0 saturated heterocycles. The average molecular weight is 787 g/mol. The fourth-order valence-corrected chi connectivity index (χ4v) is 6.18. The van der Waals surface area contributed by atoms with Gasteiger partial charge in [-0.05, 0) is 89.9 Å². The minimum Gasteiger partial charge on any atom is -0.387 e. The van der Waals surface area contributed by atoms with Gasteiger partial charge in [0.15, 0.2) is 0 Å². The number of aliphatic hydroxyl groups excluding tert-OH is 1. The van der Waals surface area contributed by atoms with E-state index in [0.29, 0.717) is 6.42 Å². The Morgan fingerprint density at radius 1 is 0.618 bits per heavy atom. The summed E-state index contributed by atoms with van der Waals surface area (Å²) in [5.41, 5.74) is 5.36. The summed E-state index contributed by atoms with van der Waals surface area (Å²) in [5.74, 6) is -0.232. The van der Waals surface area contributed by atoms with Crippen molar-refractivity contribution in [1.29, 1.82) is 0 Å². The molecule has 0 aromatic rings. The van der Waals surface area contributed by atoms with Crippen molar-refractivity contribution in [2.45, 2.75) is 167 Å². The second kappa shape index (κ2) is 41.1. The topological polar surface area (TPSA) is 131 Å². The lowest BCUT2D eigenvalue weighted by atomic mass is 10.1. The van der Waals surface area contributed by atoms with Gasteiger partial charge >= 0.3 is 7.82 Å². The lowest BCUT2D eigenvalue weighted by Crippen LogP contribution is -2.45. The highest BCUT2D eigenvalue weighted by Gasteiger charge is 2.26. The second-order valence-corrected chi connectivity index (χ2v) is 15.2. The van der Waals surface area contributed by atoms with Gasteiger partial charge in [0.05, 0.1) is 25.4 Å². The van der Waals surface area contributed by atoms with Crippen LogP contribution in [0.2, 0.25) is 0 Å². The van der Waals surface area contributed by atoms with E-state index in [1.807, 2.05) is 6.08 Å². The smallest absolute Gasteiger partial charge is 0.387 e. The van der Waals surface area contributed by atoms with Crippen LogP contribution in [0.3, 0.4) is 0 Å². The fraction of sp³-hybridized carbons (Fsp3) is 0.630. The van der Waals surface area contributed by atoms with Crippen LogP contribution in [-0.2, 0) is 18.4 Å². The van der Waals surface area contributed by atoms with Gasteiger partial charge in [-0.3, -0.25) is 13.8 Å². The first kappa shape index (κ1) is 52.4. The molecule has 1 amide bonds. The van der Waals surface area contributed by atoms with Crippen LogP contribution in [0.4, 0.5) is 0 Å². The molecule has 55 heavy (non-hydrogen) atoms. The molecule has 314 valence electrons. The Kier molecular flexibility index (Phi) is 39.1. The van der Waals surface area contributed by atoms with E-state index in [1.165, 1.54) is 32.1 Å². The molecule has 3 atom stereocenters. The molecular weight excluding hydrogens is 707 g/mol. The normalized spacial score (nSPS) is 15.1. The number of hydrogen-bond acceptors (Lipinski definition) is 6. The number of carbonyl (C=O) groups is 1. The quantitative estimate of drug-likeness (QED) is 0.0278. The Hall–Kier alpha value is -2.58. The molecule has 3 unspecified atom stereocenters. The summed E-state index contributed by atoms with van der Waals surface area (Å²) in [6.07, 6.45) is 56.0. The summed E-state index contributed by atoms with van der Waals surface area (Å²) in [6, 6.07) is -0.900. The van der Waals surface area contributed by atoms with Crippen molar-refractivity contribution in [2.24, 2.45) is 5.73 Å². The van der Waals surface area contributed by atoms with E-state index in [9.17, 15) is 19.4 Å². The molecular formula is C46H79N2O6P. The maximum Gasteiger partial charge on any atom is 0.472 e. The first-order valence-corrected chi connectivity index (χ1v) is 22.9. The molecule has 0 aliphatic rings. The monoisotopic (exact) mass is 787 g/mol. The molecule has 0 aliphatic heterocycles. The molecule has 5 N–H and O–H groups in total. The van der Waals surface area contributed by atoms with E-state index >= 15 is 0 Å². The number of hydrogen-bond donors (Lipinski definition) is 4. The minimum atomic E-state index is -4.36. The van der Waals surface area contributed by atoms with E-state index in [1.54, 1.807) is 6.08 Å². The van der Waals surface area contributed by atoms with E-state index in [4.69, 9.17) is 14.8 Å². The molecule has 0 aliphatic carbocycles. The van der Waals surface area contributed by atoms with Crippen molar-refractivity contribution in [2.75, 3.05) is 19.8 Å². The second-order valence-electron chi connectivity index (χ2n) is 13.8. The number of nitrogens with two attached hydrogens (primary N) is 1. The Bertz CT molecular complexity index is 1170. The van der Waals surface area contributed by atoms with Gasteiger partial charge < -0.3 is 21.1 Å². The Morgan fingerprint density at radius 3 is 1.62 bits per heavy atom. The Labute approximate surface area is 336 Å². The molecule has 8 nitrogen and oxygen atoms in total. The van der Waals surface area contributed by atoms with Crippen LogP contribution in [0.25, 0.3) is 0 Å². The zero-order valence-electron chi connectivity index (χ0n) is 34.6. The summed E-state index contributed by atoms with van der Waals surface area (Å²) < 4.78 is 22.1. The number of phosphoric acid groups is 1. The highest BCUT2D eigenvalue weighted by Crippen LogP contribution is 2.43. The third-order valence-corrected chi connectivity index (χ3v) is 9.61. The van der Waals surface area contributed by atoms with Gasteiger partial charge in [-0.15, -0.1) is 0 Å². The highest BCUT2D eigenvalue weighted by molar-refractivity contribution is 7.47. The zero-order chi connectivity index (χ0) is 40.3. The number of amides is 1. The van der Waals surface area contributed by atoms with Crippen molar-refractivity contribution in [1.82, 2.24) is 5.32 Å². The summed E-state index contributed by atoms with van der Waals surface area (Å²) in [4.78, 5) is 22.7. The number of nitrogens with one attached hydrogen (secondary N) is 1. The van der Waals surface area contributed by atoms with Gasteiger partial charge in [0.1, 0.15) is 0 Å². The van der Waals surface area contributed by atoms with Crippen molar-refractivity contribution in [3.8, 4) is 0 Å². The number of phosphoric ester groups is 1. The van der Waals surface area contributed by atoms with Crippen LogP contribution in [0.1, 0.15) is 155 Å². The molecule has 9 heteroatoms. The molecule has 0 saturated carbocycles. The van der Waals surface area contributed by atoms with Crippen molar-refractivity contribution in [3.05, 3.63) is 97.2 Å². The summed E-state index contributed by atoms with van der Waals surface area (Å²) in [6.45, 7) is 3.93. The Morgan fingerprint density at radius 2 is 1.07 bits per heavy atom.